The molecule has 4 rings (SSSR count). The van der Waals surface area contributed by atoms with Gasteiger partial charge in [-0.1, -0.05) is 19.1 Å². The van der Waals surface area contributed by atoms with Crippen molar-refractivity contribution in [3.63, 3.8) is 0 Å². The third-order valence-corrected chi connectivity index (χ3v) is 5.44. The summed E-state index contributed by atoms with van der Waals surface area (Å²) in [5, 5.41) is 2.62. The molecule has 5 N–H and O–H groups in total. The van der Waals surface area contributed by atoms with Crippen LogP contribution in [0.15, 0.2) is 41.2 Å². The van der Waals surface area contributed by atoms with Crippen LogP contribution in [0.25, 0.3) is 17.2 Å². The molecule has 1 fully saturated rings. The molecule has 1 atom stereocenters. The Balaban J connectivity index is 1.60. The lowest BCUT2D eigenvalue weighted by atomic mass is 10.0. The fourth-order valence-electron chi connectivity index (χ4n) is 3.85. The van der Waals surface area contributed by atoms with Crippen LogP contribution in [-0.4, -0.2) is 58.4 Å². The minimum Gasteiger partial charge on any atom is -0.442 e. The van der Waals surface area contributed by atoms with Gasteiger partial charge in [0.05, 0.1) is 25.3 Å². The first kappa shape index (κ1) is 22.4. The van der Waals surface area contributed by atoms with Crippen molar-refractivity contribution < 1.29 is 14.3 Å². The van der Waals surface area contributed by atoms with Crippen molar-refractivity contribution in [2.24, 2.45) is 16.5 Å². The van der Waals surface area contributed by atoms with Gasteiger partial charge in [0.1, 0.15) is 17.8 Å². The SMILES string of the molecule is CCCN(CC1CNC(=O)O1)C(=O)C1=Cc2ccc(-c3cnc(CN)nc3)cc2N=C(N)C1. The monoisotopic (exact) mass is 449 g/mol. The number of nitrogens with one attached hydrogen (secondary N) is 1. The fraction of sp³-hybridized carbons (Fsp3) is 0.348. The molecule has 1 aromatic carbocycles. The van der Waals surface area contributed by atoms with Crippen LogP contribution in [0.4, 0.5) is 10.5 Å². The number of rotatable bonds is 7. The van der Waals surface area contributed by atoms with Crippen LogP contribution < -0.4 is 16.8 Å². The van der Waals surface area contributed by atoms with Crippen LogP contribution >= 0.6 is 0 Å². The zero-order chi connectivity index (χ0) is 23.4. The van der Waals surface area contributed by atoms with E-state index in [0.29, 0.717) is 42.6 Å². The smallest absolute Gasteiger partial charge is 0.407 e. The van der Waals surface area contributed by atoms with Gasteiger partial charge in [-0.3, -0.25) is 4.79 Å². The Kier molecular flexibility index (Phi) is 6.64. The Morgan fingerprint density at radius 2 is 2.06 bits per heavy atom. The van der Waals surface area contributed by atoms with Crippen LogP contribution in [-0.2, 0) is 16.1 Å². The summed E-state index contributed by atoms with van der Waals surface area (Å²) in [5.74, 6) is 0.785. The molecule has 10 heteroatoms. The predicted octanol–water partition coefficient (Wildman–Crippen LogP) is 1.73. The molecular formula is C23H27N7O3. The second-order valence-electron chi connectivity index (χ2n) is 7.97. The summed E-state index contributed by atoms with van der Waals surface area (Å²) in [6.45, 7) is 3.53. The van der Waals surface area contributed by atoms with Gasteiger partial charge >= 0.3 is 6.09 Å². The van der Waals surface area contributed by atoms with Crippen molar-refractivity contribution in [2.45, 2.75) is 32.4 Å². The number of ether oxygens (including phenoxy) is 1. The normalized spacial score (nSPS) is 17.3. The Morgan fingerprint density at radius 1 is 1.27 bits per heavy atom. The summed E-state index contributed by atoms with van der Waals surface area (Å²) < 4.78 is 5.22. The van der Waals surface area contributed by atoms with Gasteiger partial charge in [-0.25, -0.2) is 19.8 Å². The average Bonchev–Trinajstić information content (AvgIpc) is 3.14. The highest BCUT2D eigenvalue weighted by Crippen LogP contribution is 2.31. The minimum atomic E-state index is -0.457. The molecular weight excluding hydrogens is 422 g/mol. The van der Waals surface area contributed by atoms with Gasteiger partial charge in [0.2, 0.25) is 5.91 Å². The largest absolute Gasteiger partial charge is 0.442 e. The highest BCUT2D eigenvalue weighted by Gasteiger charge is 2.28. The quantitative estimate of drug-likeness (QED) is 0.583. The zero-order valence-corrected chi connectivity index (χ0v) is 18.5. The highest BCUT2D eigenvalue weighted by molar-refractivity contribution is 6.05. The molecule has 172 valence electrons. The molecule has 2 aliphatic heterocycles. The first-order valence-electron chi connectivity index (χ1n) is 10.9. The number of carbonyl (C=O) groups excluding carboxylic acids is 2. The molecule has 2 aromatic rings. The summed E-state index contributed by atoms with van der Waals surface area (Å²) in [7, 11) is 0. The van der Waals surface area contributed by atoms with E-state index in [1.807, 2.05) is 31.2 Å². The first-order valence-corrected chi connectivity index (χ1v) is 10.9. The number of nitrogens with zero attached hydrogens (tertiary/aromatic N) is 4. The van der Waals surface area contributed by atoms with Gasteiger partial charge < -0.3 is 26.4 Å². The van der Waals surface area contributed by atoms with Gasteiger partial charge in [0.25, 0.3) is 0 Å². The minimum absolute atomic E-state index is 0.138. The third-order valence-electron chi connectivity index (χ3n) is 5.44. The number of amidine groups is 1. The number of nitrogens with two attached hydrogens (primary N) is 2. The molecule has 2 aliphatic rings. The number of alkyl carbamates (subject to hydrolysis) is 1. The topological polar surface area (TPSA) is 149 Å². The zero-order valence-electron chi connectivity index (χ0n) is 18.5. The molecule has 1 saturated heterocycles. The Labute approximate surface area is 191 Å². The van der Waals surface area contributed by atoms with Crippen LogP contribution in [0.3, 0.4) is 0 Å². The lowest BCUT2D eigenvalue weighted by Gasteiger charge is -2.25. The third kappa shape index (κ3) is 5.17. The molecule has 33 heavy (non-hydrogen) atoms. The van der Waals surface area contributed by atoms with E-state index >= 15 is 0 Å². The van der Waals surface area contributed by atoms with E-state index in [0.717, 1.165) is 23.1 Å². The maximum Gasteiger partial charge on any atom is 0.407 e. The standard InChI is InChI=1S/C23H27N7O3/c1-2-5-30(13-18-12-28-23(32)33-18)22(31)16-6-15-4-3-14(7-19(15)29-20(25)8-16)17-10-26-21(9-24)27-11-17/h3-4,6-7,10-11,18H,2,5,8-9,12-13,24H2,1H3,(H2,25,29)(H,28,32). The number of amides is 2. The van der Waals surface area contributed by atoms with Crippen molar-refractivity contribution in [1.29, 1.82) is 0 Å². The second kappa shape index (κ2) is 9.78. The van der Waals surface area contributed by atoms with E-state index < -0.39 is 6.09 Å². The van der Waals surface area contributed by atoms with E-state index in [1.165, 1.54) is 0 Å². The summed E-state index contributed by atoms with van der Waals surface area (Å²) in [6, 6.07) is 5.74. The number of aliphatic imine (C=N–C) groups is 1. The van der Waals surface area contributed by atoms with Crippen LogP contribution in [0.2, 0.25) is 0 Å². The molecule has 0 bridgehead atoms. The second-order valence-corrected chi connectivity index (χ2v) is 7.97. The molecule has 10 nitrogen and oxygen atoms in total. The van der Waals surface area contributed by atoms with E-state index in [1.54, 1.807) is 17.3 Å². The molecule has 1 aromatic heterocycles. The lowest BCUT2D eigenvalue weighted by molar-refractivity contribution is -0.128. The maximum atomic E-state index is 13.4. The van der Waals surface area contributed by atoms with Crippen LogP contribution in [0.5, 0.6) is 0 Å². The Bertz CT molecular complexity index is 1110. The number of benzene rings is 1. The van der Waals surface area contributed by atoms with Crippen LogP contribution in [0, 0.1) is 0 Å². The van der Waals surface area contributed by atoms with Crippen molar-refractivity contribution in [1.82, 2.24) is 20.2 Å². The fourth-order valence-corrected chi connectivity index (χ4v) is 3.85. The van der Waals surface area contributed by atoms with E-state index in [2.05, 4.69) is 20.3 Å². The molecule has 2 amide bonds. The van der Waals surface area contributed by atoms with E-state index in [-0.39, 0.29) is 25.0 Å². The molecule has 3 heterocycles. The molecule has 0 saturated carbocycles. The maximum absolute atomic E-state index is 13.4. The molecule has 0 aliphatic carbocycles. The highest BCUT2D eigenvalue weighted by atomic mass is 16.6. The number of hydrogen-bond acceptors (Lipinski definition) is 8. The number of fused-ring (bicyclic) bond motifs is 1. The number of aromatic nitrogens is 2. The van der Waals surface area contributed by atoms with Gasteiger partial charge in [-0.05, 0) is 24.1 Å². The van der Waals surface area contributed by atoms with Gasteiger partial charge in [0, 0.05) is 42.1 Å². The summed E-state index contributed by atoms with van der Waals surface area (Å²) in [4.78, 5) is 39.5. The van der Waals surface area contributed by atoms with Crippen molar-refractivity contribution in [3.05, 3.63) is 47.6 Å². The van der Waals surface area contributed by atoms with E-state index in [9.17, 15) is 9.59 Å². The Hall–Kier alpha value is -3.79. The summed E-state index contributed by atoms with van der Waals surface area (Å²) in [5.41, 5.74) is 15.5. The van der Waals surface area contributed by atoms with E-state index in [4.69, 9.17) is 16.2 Å². The van der Waals surface area contributed by atoms with Gasteiger partial charge in [-0.2, -0.15) is 0 Å². The number of hydrogen-bond donors (Lipinski definition) is 3. The summed E-state index contributed by atoms with van der Waals surface area (Å²) in [6.07, 6.45) is 5.47. The number of carbonyl (C=O) groups is 2. The number of cyclic esters (lactones) is 1. The molecule has 0 spiro atoms. The first-order chi connectivity index (χ1) is 16.0. The summed E-state index contributed by atoms with van der Waals surface area (Å²) >= 11 is 0. The van der Waals surface area contributed by atoms with Crippen molar-refractivity contribution in [3.8, 4) is 11.1 Å². The van der Waals surface area contributed by atoms with Gasteiger partial charge in [0.15, 0.2) is 0 Å². The molecule has 0 radical (unpaired) electrons. The van der Waals surface area contributed by atoms with Crippen molar-refractivity contribution in [2.75, 3.05) is 19.6 Å². The molecule has 1 unspecified atom stereocenters. The Morgan fingerprint density at radius 3 is 2.73 bits per heavy atom. The average molecular weight is 450 g/mol. The predicted molar refractivity (Wildman–Crippen MR) is 124 cm³/mol. The van der Waals surface area contributed by atoms with Crippen LogP contribution in [0.1, 0.15) is 31.2 Å². The van der Waals surface area contributed by atoms with Crippen molar-refractivity contribution >= 4 is 29.6 Å². The van der Waals surface area contributed by atoms with Gasteiger partial charge in [-0.15, -0.1) is 0 Å². The lowest BCUT2D eigenvalue weighted by Crippen LogP contribution is -2.40.